The number of benzene rings is 2. The Morgan fingerprint density at radius 2 is 1.81 bits per heavy atom. The molecule has 1 aromatic heterocycles. The van der Waals surface area contributed by atoms with E-state index in [-0.39, 0.29) is 10.8 Å². The number of aryl methyl sites for hydroxylation is 2. The highest BCUT2D eigenvalue weighted by Gasteiger charge is 2.15. The van der Waals surface area contributed by atoms with Crippen LogP contribution in [0.25, 0.3) is 11.4 Å². The van der Waals surface area contributed by atoms with Gasteiger partial charge in [-0.25, -0.2) is 23.2 Å². The minimum absolute atomic E-state index is 0.0430. The highest BCUT2D eigenvalue weighted by molar-refractivity contribution is 7.89. The van der Waals surface area contributed by atoms with Gasteiger partial charge >= 0.3 is 0 Å². The van der Waals surface area contributed by atoms with Gasteiger partial charge in [0.1, 0.15) is 6.33 Å². The van der Waals surface area contributed by atoms with Gasteiger partial charge in [0, 0.05) is 23.9 Å². The van der Waals surface area contributed by atoms with Crippen LogP contribution in [0.4, 0.5) is 5.69 Å². The normalized spacial score (nSPS) is 11.4. The van der Waals surface area contributed by atoms with Crippen molar-refractivity contribution in [2.45, 2.75) is 18.7 Å². The number of rotatable bonds is 4. The van der Waals surface area contributed by atoms with E-state index in [1.165, 1.54) is 18.5 Å². The van der Waals surface area contributed by atoms with Crippen LogP contribution in [0.2, 0.25) is 0 Å². The number of carbonyl (C=O) groups is 1. The average Bonchev–Trinajstić information content (AvgIpc) is 3.04. The Morgan fingerprint density at radius 3 is 2.37 bits per heavy atom. The van der Waals surface area contributed by atoms with Gasteiger partial charge in [-0.3, -0.25) is 4.79 Å². The zero-order valence-corrected chi connectivity index (χ0v) is 15.9. The summed E-state index contributed by atoms with van der Waals surface area (Å²) >= 11 is 0. The van der Waals surface area contributed by atoms with Crippen molar-refractivity contribution in [3.63, 3.8) is 0 Å². The highest BCUT2D eigenvalue weighted by atomic mass is 32.2. The van der Waals surface area contributed by atoms with Crippen molar-refractivity contribution in [3.8, 4) is 11.4 Å². The van der Waals surface area contributed by atoms with Gasteiger partial charge in [-0.15, -0.1) is 0 Å². The molecule has 0 unspecified atom stereocenters. The van der Waals surface area contributed by atoms with Gasteiger partial charge in [0.25, 0.3) is 5.91 Å². The van der Waals surface area contributed by atoms with E-state index in [0.717, 1.165) is 16.7 Å². The summed E-state index contributed by atoms with van der Waals surface area (Å²) in [4.78, 5) is 16.7. The third-order valence-electron chi connectivity index (χ3n) is 4.33. The summed E-state index contributed by atoms with van der Waals surface area (Å²) in [5, 5.41) is 12.0. The lowest BCUT2D eigenvalue weighted by molar-refractivity contribution is 0.102. The molecule has 0 spiro atoms. The molecule has 0 saturated carbocycles. The molecule has 27 heavy (non-hydrogen) atoms. The SMILES string of the molecule is Cc1cc(S(N)(=O)=O)cc(NC(=O)c2ccc(-c3ncnn3C)cc2)c1C. The molecule has 9 heteroatoms. The minimum atomic E-state index is -3.87. The number of nitrogens with zero attached hydrogens (tertiary/aromatic N) is 3. The lowest BCUT2D eigenvalue weighted by Gasteiger charge is -2.13. The molecular weight excluding hydrogens is 366 g/mol. The fourth-order valence-corrected chi connectivity index (χ4v) is 3.27. The molecule has 3 N–H and O–H groups in total. The molecule has 2 aromatic carbocycles. The van der Waals surface area contributed by atoms with E-state index in [2.05, 4.69) is 15.4 Å². The van der Waals surface area contributed by atoms with Crippen LogP contribution in [0.3, 0.4) is 0 Å². The number of hydrogen-bond acceptors (Lipinski definition) is 5. The molecular formula is C18H19N5O3S. The van der Waals surface area contributed by atoms with E-state index < -0.39 is 10.0 Å². The first kappa shape index (κ1) is 18.7. The maximum Gasteiger partial charge on any atom is 0.255 e. The first-order valence-corrected chi connectivity index (χ1v) is 9.61. The zero-order chi connectivity index (χ0) is 19.8. The molecule has 3 rings (SSSR count). The molecule has 1 amide bonds. The number of sulfonamides is 1. The number of anilines is 1. The van der Waals surface area contributed by atoms with Gasteiger partial charge in [0.15, 0.2) is 5.82 Å². The molecule has 0 aliphatic rings. The Labute approximate surface area is 157 Å². The summed E-state index contributed by atoms with van der Waals surface area (Å²) in [7, 11) is -2.08. The lowest BCUT2D eigenvalue weighted by atomic mass is 10.1. The van der Waals surface area contributed by atoms with E-state index in [0.29, 0.717) is 17.1 Å². The van der Waals surface area contributed by atoms with Gasteiger partial charge in [-0.2, -0.15) is 5.10 Å². The summed E-state index contributed by atoms with van der Waals surface area (Å²) in [6.45, 7) is 3.56. The third kappa shape index (κ3) is 3.88. The van der Waals surface area contributed by atoms with E-state index in [1.54, 1.807) is 49.8 Å². The predicted molar refractivity (Wildman–Crippen MR) is 102 cm³/mol. The van der Waals surface area contributed by atoms with Crippen molar-refractivity contribution in [1.29, 1.82) is 0 Å². The number of amides is 1. The van der Waals surface area contributed by atoms with Crippen LogP contribution in [-0.2, 0) is 17.1 Å². The smallest absolute Gasteiger partial charge is 0.255 e. The summed E-state index contributed by atoms with van der Waals surface area (Å²) in [6.07, 6.45) is 1.46. The third-order valence-corrected chi connectivity index (χ3v) is 5.23. The second kappa shape index (κ2) is 6.93. The zero-order valence-electron chi connectivity index (χ0n) is 15.1. The Bertz CT molecular complexity index is 1120. The van der Waals surface area contributed by atoms with Crippen molar-refractivity contribution in [2.24, 2.45) is 12.2 Å². The number of carbonyl (C=O) groups excluding carboxylic acids is 1. The maximum absolute atomic E-state index is 12.6. The molecule has 0 fully saturated rings. The van der Waals surface area contributed by atoms with Crippen molar-refractivity contribution in [3.05, 3.63) is 59.4 Å². The van der Waals surface area contributed by atoms with Crippen molar-refractivity contribution in [1.82, 2.24) is 14.8 Å². The van der Waals surface area contributed by atoms with Crippen LogP contribution in [0.15, 0.2) is 47.6 Å². The predicted octanol–water partition coefficient (Wildman–Crippen LogP) is 2.00. The molecule has 0 aliphatic carbocycles. The molecule has 140 valence electrons. The fourth-order valence-electron chi connectivity index (χ4n) is 2.64. The van der Waals surface area contributed by atoms with Crippen LogP contribution in [0.5, 0.6) is 0 Å². The van der Waals surface area contributed by atoms with Gasteiger partial charge in [0.05, 0.1) is 4.90 Å². The quantitative estimate of drug-likeness (QED) is 0.712. The van der Waals surface area contributed by atoms with Crippen LogP contribution >= 0.6 is 0 Å². The maximum atomic E-state index is 12.6. The van der Waals surface area contributed by atoms with E-state index in [1.807, 2.05) is 0 Å². The monoisotopic (exact) mass is 385 g/mol. The molecule has 3 aromatic rings. The number of primary sulfonamides is 1. The summed E-state index contributed by atoms with van der Waals surface area (Å²) in [5.41, 5.74) is 3.15. The first-order chi connectivity index (χ1) is 12.7. The molecule has 0 bridgehead atoms. The molecule has 0 atom stereocenters. The Balaban J connectivity index is 1.88. The van der Waals surface area contributed by atoms with Gasteiger partial charge in [-0.1, -0.05) is 12.1 Å². The number of aromatic nitrogens is 3. The molecule has 1 heterocycles. The highest BCUT2D eigenvalue weighted by Crippen LogP contribution is 2.24. The second-order valence-electron chi connectivity index (χ2n) is 6.20. The summed E-state index contributed by atoms with van der Waals surface area (Å²) in [6, 6.07) is 9.74. The van der Waals surface area contributed by atoms with Crippen LogP contribution in [0, 0.1) is 13.8 Å². The number of nitrogens with two attached hydrogens (primary N) is 1. The van der Waals surface area contributed by atoms with E-state index in [4.69, 9.17) is 5.14 Å². The van der Waals surface area contributed by atoms with Crippen LogP contribution in [0.1, 0.15) is 21.5 Å². The van der Waals surface area contributed by atoms with Crippen LogP contribution < -0.4 is 10.5 Å². The van der Waals surface area contributed by atoms with Crippen molar-refractivity contribution < 1.29 is 13.2 Å². The summed E-state index contributed by atoms with van der Waals surface area (Å²) < 4.78 is 24.9. The van der Waals surface area contributed by atoms with E-state index >= 15 is 0 Å². The Morgan fingerprint density at radius 1 is 1.15 bits per heavy atom. The van der Waals surface area contributed by atoms with Gasteiger partial charge in [-0.05, 0) is 49.2 Å². The Hall–Kier alpha value is -3.04. The topological polar surface area (TPSA) is 120 Å². The second-order valence-corrected chi connectivity index (χ2v) is 7.76. The minimum Gasteiger partial charge on any atom is -0.322 e. The molecule has 0 aliphatic heterocycles. The van der Waals surface area contributed by atoms with Crippen molar-refractivity contribution in [2.75, 3.05) is 5.32 Å². The lowest BCUT2D eigenvalue weighted by Crippen LogP contribution is -2.16. The molecule has 8 nitrogen and oxygen atoms in total. The number of hydrogen-bond donors (Lipinski definition) is 2. The van der Waals surface area contributed by atoms with Gasteiger partial charge in [0.2, 0.25) is 10.0 Å². The molecule has 0 saturated heterocycles. The van der Waals surface area contributed by atoms with E-state index in [9.17, 15) is 13.2 Å². The Kier molecular flexibility index (Phi) is 4.81. The standard InChI is InChI=1S/C18H19N5O3S/c1-11-8-15(27(19,25)26)9-16(12(11)2)22-18(24)14-6-4-13(5-7-14)17-20-10-21-23(17)3/h4-10H,1-3H3,(H,22,24)(H2,19,25,26). The fraction of sp³-hybridized carbons (Fsp3) is 0.167. The molecule has 0 radical (unpaired) electrons. The average molecular weight is 385 g/mol. The van der Waals surface area contributed by atoms with Gasteiger partial charge < -0.3 is 5.32 Å². The summed E-state index contributed by atoms with van der Waals surface area (Å²) in [5.74, 6) is 0.336. The van der Waals surface area contributed by atoms with Crippen LogP contribution in [-0.4, -0.2) is 29.1 Å². The largest absolute Gasteiger partial charge is 0.322 e. The first-order valence-electron chi connectivity index (χ1n) is 8.06. The number of nitrogens with one attached hydrogen (secondary N) is 1. The van der Waals surface area contributed by atoms with Crippen molar-refractivity contribution >= 4 is 21.6 Å².